The Bertz CT molecular complexity index is 6470. The lowest BCUT2D eigenvalue weighted by Gasteiger charge is -2.48. The van der Waals surface area contributed by atoms with E-state index in [1.54, 1.807) is 0 Å². The summed E-state index contributed by atoms with van der Waals surface area (Å²) in [5, 5.41) is 5.03. The van der Waals surface area contributed by atoms with Gasteiger partial charge in [-0.2, -0.15) is 0 Å². The molecule has 4 aliphatic rings. The lowest BCUT2D eigenvalue weighted by atomic mass is 9.30. The summed E-state index contributed by atoms with van der Waals surface area (Å²) >= 11 is 3.77. The molecule has 522 valence electrons. The highest BCUT2D eigenvalue weighted by atomic mass is 32.1. The molecule has 19 aromatic rings. The number of benzene rings is 17. The predicted molar refractivity (Wildman–Crippen MR) is 481 cm³/mol. The van der Waals surface area contributed by atoms with E-state index < -0.39 is 0 Å². The average Bonchev–Trinajstić information content (AvgIpc) is 1.65. The smallest absolute Gasteiger partial charge is 0.252 e. The molecule has 0 fully saturated rings. The molecule has 4 aliphatic heterocycles. The number of hydrogen-bond donors (Lipinski definition) is 0. The van der Waals surface area contributed by atoms with Gasteiger partial charge in [0.25, 0.3) is 13.4 Å². The van der Waals surface area contributed by atoms with E-state index in [9.17, 15) is 0 Å². The van der Waals surface area contributed by atoms with Crippen molar-refractivity contribution >= 4 is 212 Å². The monoisotopic (exact) mass is 1460 g/mol. The molecule has 0 bridgehead atoms. The summed E-state index contributed by atoms with van der Waals surface area (Å²) in [5.41, 5.74) is 31.6. The van der Waals surface area contributed by atoms with Gasteiger partial charge in [-0.25, -0.2) is 0 Å². The van der Waals surface area contributed by atoms with E-state index in [0.717, 1.165) is 125 Å². The fourth-order valence-corrected chi connectivity index (χ4v) is 21.1. The molecule has 0 unspecified atom stereocenters. The van der Waals surface area contributed by atoms with Crippen LogP contribution in [0.1, 0.15) is 0 Å². The summed E-state index contributed by atoms with van der Waals surface area (Å²) in [6, 6.07) is 150. The molecular formula is C102H66B2N6S2. The third-order valence-corrected chi connectivity index (χ3v) is 25.7. The van der Waals surface area contributed by atoms with Gasteiger partial charge in [0.05, 0.1) is 43.5 Å². The van der Waals surface area contributed by atoms with Gasteiger partial charge in [-0.05, 0) is 171 Å². The quantitative estimate of drug-likeness (QED) is 0.113. The maximum absolute atomic E-state index is 2.69. The van der Waals surface area contributed by atoms with E-state index in [2.05, 4.69) is 430 Å². The standard InChI is InChI=1S/C102H66B2N6S2/c1-7-33-67(34-8-1)75-45-19-25-53-85(75)107-91-66-92-84(65-83(91)103-81-51-23-27-55-87(81)109(89-57-31-49-79-77-47-21-29-59-97(77)111-101(79)89)95-63-73(61-93(107)99(95)103)105(69-37-11-3-12-38-69)70-39-13-4-14-40-70)104-82-52-24-28-56-88(82)110(90-58-32-50-80-78-48-22-30-60-98(78)112-102(80)90)96-64-74(106(71-41-15-5-16-42-71)72-43-17-6-18-44-72)62-94(100(96)104)108(92)86-54-26-20-46-76(86)68-35-9-2-10-36-68/h1-66H. The molecule has 0 amide bonds. The second-order valence-corrected chi connectivity index (χ2v) is 31.5. The number of para-hydroxylation sites is 8. The van der Waals surface area contributed by atoms with Crippen LogP contribution in [0.25, 0.3) is 62.6 Å². The first-order chi connectivity index (χ1) is 55.6. The lowest BCUT2D eigenvalue weighted by Crippen LogP contribution is -2.65. The molecule has 6 nitrogen and oxygen atoms in total. The van der Waals surface area contributed by atoms with E-state index >= 15 is 0 Å². The fourth-order valence-electron chi connectivity index (χ4n) is 18.7. The normalized spacial score (nSPS) is 12.9. The van der Waals surface area contributed by atoms with Crippen molar-refractivity contribution in [1.82, 2.24) is 0 Å². The largest absolute Gasteiger partial charge is 0.311 e. The number of hydrogen-bond acceptors (Lipinski definition) is 8. The van der Waals surface area contributed by atoms with Crippen molar-refractivity contribution in [3.63, 3.8) is 0 Å². The van der Waals surface area contributed by atoms with E-state index in [4.69, 9.17) is 0 Å². The van der Waals surface area contributed by atoms with Crippen molar-refractivity contribution in [2.24, 2.45) is 0 Å². The minimum atomic E-state index is -0.269. The molecule has 0 saturated carbocycles. The molecule has 0 aliphatic carbocycles. The van der Waals surface area contributed by atoms with Gasteiger partial charge >= 0.3 is 0 Å². The second-order valence-electron chi connectivity index (χ2n) is 29.4. The van der Waals surface area contributed by atoms with Crippen LogP contribution >= 0.6 is 22.7 Å². The first kappa shape index (κ1) is 64.1. The molecule has 2 aromatic heterocycles. The third-order valence-electron chi connectivity index (χ3n) is 23.3. The van der Waals surface area contributed by atoms with Crippen LogP contribution in [0.4, 0.5) is 102 Å². The molecule has 0 atom stereocenters. The van der Waals surface area contributed by atoms with E-state index in [1.165, 1.54) is 73.1 Å². The average molecular weight is 1460 g/mol. The number of rotatable bonds is 12. The summed E-state index contributed by atoms with van der Waals surface area (Å²) in [5.74, 6) is 0. The lowest BCUT2D eigenvalue weighted by molar-refractivity contribution is 1.22. The van der Waals surface area contributed by atoms with Crippen molar-refractivity contribution in [1.29, 1.82) is 0 Å². The van der Waals surface area contributed by atoms with Gasteiger partial charge in [-0.3, -0.25) is 0 Å². The Kier molecular flexibility index (Phi) is 14.8. The molecule has 0 radical (unpaired) electrons. The molecule has 0 spiro atoms. The Hall–Kier alpha value is -13.9. The highest BCUT2D eigenvalue weighted by Gasteiger charge is 2.50. The van der Waals surface area contributed by atoms with Crippen molar-refractivity contribution < 1.29 is 0 Å². The zero-order chi connectivity index (χ0) is 73.5. The summed E-state index contributed by atoms with van der Waals surface area (Å²) < 4.78 is 5.02. The van der Waals surface area contributed by atoms with Gasteiger partial charge in [-0.1, -0.05) is 273 Å². The fraction of sp³-hybridized carbons (Fsp3) is 0. The summed E-state index contributed by atoms with van der Waals surface area (Å²) in [4.78, 5) is 15.5. The van der Waals surface area contributed by atoms with Crippen LogP contribution < -0.4 is 62.2 Å². The minimum absolute atomic E-state index is 0.269. The molecular weight excluding hydrogens is 1390 g/mol. The predicted octanol–water partition coefficient (Wildman–Crippen LogP) is 24.9. The van der Waals surface area contributed by atoms with E-state index in [1.807, 2.05) is 22.7 Å². The van der Waals surface area contributed by atoms with Gasteiger partial charge < -0.3 is 29.4 Å². The maximum atomic E-state index is 2.69. The highest BCUT2D eigenvalue weighted by molar-refractivity contribution is 7.27. The molecule has 6 heterocycles. The summed E-state index contributed by atoms with van der Waals surface area (Å²) in [6.45, 7) is -0.537. The first-order valence-corrected chi connectivity index (χ1v) is 40.1. The molecule has 112 heavy (non-hydrogen) atoms. The van der Waals surface area contributed by atoms with Gasteiger partial charge in [0.15, 0.2) is 0 Å². The number of anilines is 18. The number of fused-ring (bicyclic) bond motifs is 14. The molecule has 17 aromatic carbocycles. The Balaban J connectivity index is 0.878. The zero-order valence-corrected chi connectivity index (χ0v) is 62.4. The van der Waals surface area contributed by atoms with Gasteiger partial charge in [0.1, 0.15) is 0 Å². The van der Waals surface area contributed by atoms with Crippen LogP contribution in [0.3, 0.4) is 0 Å². The van der Waals surface area contributed by atoms with Crippen molar-refractivity contribution in [2.45, 2.75) is 0 Å². The first-order valence-electron chi connectivity index (χ1n) is 38.5. The Morgan fingerprint density at radius 3 is 0.875 bits per heavy atom. The van der Waals surface area contributed by atoms with Crippen LogP contribution in [-0.2, 0) is 0 Å². The van der Waals surface area contributed by atoms with Crippen LogP contribution in [0, 0.1) is 0 Å². The summed E-state index contributed by atoms with van der Waals surface area (Å²) in [6.07, 6.45) is 0. The summed E-state index contributed by atoms with van der Waals surface area (Å²) in [7, 11) is 0. The minimum Gasteiger partial charge on any atom is -0.311 e. The van der Waals surface area contributed by atoms with Gasteiger partial charge in [0.2, 0.25) is 0 Å². The van der Waals surface area contributed by atoms with Gasteiger partial charge in [0, 0.05) is 110 Å². The van der Waals surface area contributed by atoms with E-state index in [-0.39, 0.29) is 13.4 Å². The van der Waals surface area contributed by atoms with Crippen LogP contribution in [0.15, 0.2) is 400 Å². The molecule has 23 rings (SSSR count). The van der Waals surface area contributed by atoms with Crippen molar-refractivity contribution in [3.8, 4) is 22.3 Å². The number of nitrogens with zero attached hydrogens (tertiary/aromatic N) is 6. The Morgan fingerprint density at radius 2 is 0.491 bits per heavy atom. The molecule has 0 saturated heterocycles. The Labute approximate surface area is 658 Å². The third kappa shape index (κ3) is 9.92. The maximum Gasteiger partial charge on any atom is 0.252 e. The highest BCUT2D eigenvalue weighted by Crippen LogP contribution is 2.56. The van der Waals surface area contributed by atoms with E-state index in [0.29, 0.717) is 0 Å². The topological polar surface area (TPSA) is 19.4 Å². The van der Waals surface area contributed by atoms with Crippen LogP contribution in [0.5, 0.6) is 0 Å². The van der Waals surface area contributed by atoms with Gasteiger partial charge in [-0.15, -0.1) is 22.7 Å². The zero-order valence-electron chi connectivity index (χ0n) is 60.8. The SMILES string of the molecule is c1ccc(-c2ccccc2N2c3cc4c(cc3B3c5ccccc5N(c5cccc6c5sc5ccccc56)c5cc(N(c6ccccc6)c6ccccc6)cc2c53)B2c3ccccc3N(c3cccc5c3sc3ccccc35)c3cc(N(c5ccccc5)c5ccccc5)cc(c32)N4c2ccccc2-c2ccccc2)cc1. The number of thiophene rings is 2. The van der Waals surface area contributed by atoms with Crippen LogP contribution in [0.2, 0.25) is 0 Å². The molecule has 10 heteroatoms. The second kappa shape index (κ2) is 25.9. The van der Waals surface area contributed by atoms with Crippen molar-refractivity contribution in [2.75, 3.05) is 29.4 Å². The molecule has 0 N–H and O–H groups in total. The Morgan fingerprint density at radius 1 is 0.196 bits per heavy atom. The van der Waals surface area contributed by atoms with Crippen LogP contribution in [-0.4, -0.2) is 13.4 Å². The van der Waals surface area contributed by atoms with Crippen molar-refractivity contribution in [3.05, 3.63) is 400 Å².